The summed E-state index contributed by atoms with van der Waals surface area (Å²) in [4.78, 5) is 25.6. The van der Waals surface area contributed by atoms with Crippen LogP contribution >= 0.6 is 0 Å². The summed E-state index contributed by atoms with van der Waals surface area (Å²) in [6.45, 7) is 3.78. The number of carbonyl (C=O) groups excluding carboxylic acids is 2. The fourth-order valence-electron chi connectivity index (χ4n) is 2.74. The number of hydrogen-bond donors (Lipinski definition) is 1. The predicted octanol–water partition coefficient (Wildman–Crippen LogP) is 1.46. The molecule has 0 aromatic heterocycles. The van der Waals surface area contributed by atoms with Crippen LogP contribution < -0.4 is 14.8 Å². The number of nitrogens with zero attached hydrogens (tertiary/aromatic N) is 1. The molecule has 138 valence electrons. The van der Waals surface area contributed by atoms with Crippen molar-refractivity contribution in [1.82, 2.24) is 10.2 Å². The van der Waals surface area contributed by atoms with Crippen molar-refractivity contribution in [1.29, 1.82) is 0 Å². The molecule has 1 aromatic rings. The van der Waals surface area contributed by atoms with Gasteiger partial charge in [0.25, 0.3) is 5.91 Å². The first-order valence-corrected chi connectivity index (χ1v) is 8.42. The van der Waals surface area contributed by atoms with Crippen molar-refractivity contribution in [2.24, 2.45) is 0 Å². The highest BCUT2D eigenvalue weighted by Crippen LogP contribution is 2.28. The summed E-state index contributed by atoms with van der Waals surface area (Å²) in [6, 6.07) is 5.15. The lowest BCUT2D eigenvalue weighted by molar-refractivity contribution is -0.130. The van der Waals surface area contributed by atoms with Gasteiger partial charge in [-0.3, -0.25) is 9.59 Å². The number of carbonyl (C=O) groups is 2. The molecular weight excluding hydrogens is 324 g/mol. The first kappa shape index (κ1) is 19.1. The fourth-order valence-corrected chi connectivity index (χ4v) is 2.74. The van der Waals surface area contributed by atoms with Crippen molar-refractivity contribution in [3.63, 3.8) is 0 Å². The summed E-state index contributed by atoms with van der Waals surface area (Å²) in [5, 5.41) is 2.80. The molecule has 1 saturated heterocycles. The summed E-state index contributed by atoms with van der Waals surface area (Å²) in [5.74, 6) is 0.995. The number of nitrogens with one attached hydrogen (secondary N) is 1. The Balaban J connectivity index is 2.07. The molecule has 1 aliphatic rings. The smallest absolute Gasteiger partial charge is 0.255 e. The Hall–Kier alpha value is -2.28. The van der Waals surface area contributed by atoms with Crippen LogP contribution in [0.3, 0.4) is 0 Å². The molecule has 1 aromatic carbocycles. The van der Waals surface area contributed by atoms with Gasteiger partial charge < -0.3 is 24.4 Å². The monoisotopic (exact) mass is 350 g/mol. The van der Waals surface area contributed by atoms with E-state index in [2.05, 4.69) is 5.32 Å². The van der Waals surface area contributed by atoms with Gasteiger partial charge >= 0.3 is 0 Å². The molecule has 0 spiro atoms. The molecule has 0 aliphatic carbocycles. The fraction of sp³-hybridized carbons (Fsp3) is 0.556. The van der Waals surface area contributed by atoms with Crippen molar-refractivity contribution in [2.45, 2.75) is 25.9 Å². The highest BCUT2D eigenvalue weighted by Gasteiger charge is 2.24. The molecule has 2 rings (SSSR count). The summed E-state index contributed by atoms with van der Waals surface area (Å²) in [7, 11) is 3.16. The molecule has 0 saturated carbocycles. The van der Waals surface area contributed by atoms with E-state index in [9.17, 15) is 9.59 Å². The third-order valence-electron chi connectivity index (χ3n) is 4.21. The number of amides is 2. The topological polar surface area (TPSA) is 77.1 Å². The van der Waals surface area contributed by atoms with Gasteiger partial charge in [0.2, 0.25) is 5.91 Å². The number of benzene rings is 1. The SMILES string of the molecule is COCCNC(=O)c1ccc(OC)cc1OC1CCN(C(C)=O)CC1. The lowest BCUT2D eigenvalue weighted by Crippen LogP contribution is -2.40. The molecule has 0 unspecified atom stereocenters. The van der Waals surface area contributed by atoms with Crippen LogP contribution in [0, 0.1) is 0 Å². The van der Waals surface area contributed by atoms with E-state index in [1.807, 2.05) is 4.90 Å². The van der Waals surface area contributed by atoms with Crippen LogP contribution in [0.4, 0.5) is 0 Å². The van der Waals surface area contributed by atoms with Gasteiger partial charge in [0, 0.05) is 52.6 Å². The Morgan fingerprint density at radius 2 is 1.96 bits per heavy atom. The molecule has 0 atom stereocenters. The minimum atomic E-state index is -0.212. The average molecular weight is 350 g/mol. The Kier molecular flexibility index (Phi) is 7.06. The van der Waals surface area contributed by atoms with Gasteiger partial charge in [-0.2, -0.15) is 0 Å². The number of hydrogen-bond acceptors (Lipinski definition) is 5. The lowest BCUT2D eigenvalue weighted by atomic mass is 10.1. The van der Waals surface area contributed by atoms with Gasteiger partial charge in [0.05, 0.1) is 19.3 Å². The third kappa shape index (κ3) is 5.35. The zero-order chi connectivity index (χ0) is 18.2. The van der Waals surface area contributed by atoms with Gasteiger partial charge in [-0.25, -0.2) is 0 Å². The normalized spacial score (nSPS) is 14.9. The van der Waals surface area contributed by atoms with E-state index < -0.39 is 0 Å². The van der Waals surface area contributed by atoms with Crippen molar-refractivity contribution < 1.29 is 23.8 Å². The van der Waals surface area contributed by atoms with Crippen LogP contribution in [0.2, 0.25) is 0 Å². The Bertz CT molecular complexity index is 597. The van der Waals surface area contributed by atoms with Gasteiger partial charge in [0.15, 0.2) is 0 Å². The van der Waals surface area contributed by atoms with Crippen LogP contribution in [-0.2, 0) is 9.53 Å². The highest BCUT2D eigenvalue weighted by atomic mass is 16.5. The van der Waals surface area contributed by atoms with E-state index in [0.29, 0.717) is 43.3 Å². The first-order valence-electron chi connectivity index (χ1n) is 8.42. The molecule has 1 aliphatic heterocycles. The van der Waals surface area contributed by atoms with E-state index in [1.54, 1.807) is 39.3 Å². The van der Waals surface area contributed by atoms with E-state index in [-0.39, 0.29) is 17.9 Å². The van der Waals surface area contributed by atoms with Crippen LogP contribution in [0.25, 0.3) is 0 Å². The van der Waals surface area contributed by atoms with Crippen molar-refractivity contribution >= 4 is 11.8 Å². The van der Waals surface area contributed by atoms with E-state index in [1.165, 1.54) is 0 Å². The first-order chi connectivity index (χ1) is 12.0. The molecule has 1 heterocycles. The molecule has 1 fully saturated rings. The highest BCUT2D eigenvalue weighted by molar-refractivity contribution is 5.97. The number of methoxy groups -OCH3 is 2. The molecular formula is C18H26N2O5. The molecule has 0 bridgehead atoms. The number of piperidine rings is 1. The molecule has 1 N–H and O–H groups in total. The van der Waals surface area contributed by atoms with E-state index in [0.717, 1.165) is 12.8 Å². The lowest BCUT2D eigenvalue weighted by Gasteiger charge is -2.31. The van der Waals surface area contributed by atoms with Crippen LogP contribution in [0.15, 0.2) is 18.2 Å². The minimum absolute atomic E-state index is 0.0340. The molecule has 2 amide bonds. The second-order valence-electron chi connectivity index (χ2n) is 5.93. The van der Waals surface area contributed by atoms with Crippen molar-refractivity contribution in [3.8, 4) is 11.5 Å². The standard InChI is InChI=1S/C18H26N2O5/c1-13(21)20-9-6-14(7-10-20)25-17-12-15(24-3)4-5-16(17)18(22)19-8-11-23-2/h4-5,12,14H,6-11H2,1-3H3,(H,19,22). The largest absolute Gasteiger partial charge is 0.497 e. The summed E-state index contributed by atoms with van der Waals surface area (Å²) < 4.78 is 16.3. The molecule has 0 radical (unpaired) electrons. The predicted molar refractivity (Wildman–Crippen MR) is 93.1 cm³/mol. The number of likely N-dealkylation sites (tertiary alicyclic amines) is 1. The molecule has 7 nitrogen and oxygen atoms in total. The van der Waals surface area contributed by atoms with Crippen LogP contribution in [0.5, 0.6) is 11.5 Å². The van der Waals surface area contributed by atoms with Gasteiger partial charge in [-0.1, -0.05) is 0 Å². The molecule has 7 heteroatoms. The Morgan fingerprint density at radius 3 is 2.56 bits per heavy atom. The van der Waals surface area contributed by atoms with Crippen LogP contribution in [0.1, 0.15) is 30.1 Å². The van der Waals surface area contributed by atoms with Crippen LogP contribution in [-0.4, -0.2) is 63.3 Å². The van der Waals surface area contributed by atoms with Crippen molar-refractivity contribution in [2.75, 3.05) is 40.5 Å². The zero-order valence-corrected chi connectivity index (χ0v) is 15.0. The van der Waals surface area contributed by atoms with Gasteiger partial charge in [-0.15, -0.1) is 0 Å². The minimum Gasteiger partial charge on any atom is -0.497 e. The van der Waals surface area contributed by atoms with Crippen molar-refractivity contribution in [3.05, 3.63) is 23.8 Å². The number of rotatable bonds is 7. The third-order valence-corrected chi connectivity index (χ3v) is 4.21. The maximum Gasteiger partial charge on any atom is 0.255 e. The van der Waals surface area contributed by atoms with E-state index >= 15 is 0 Å². The quantitative estimate of drug-likeness (QED) is 0.754. The zero-order valence-electron chi connectivity index (χ0n) is 15.0. The summed E-state index contributed by atoms with van der Waals surface area (Å²) >= 11 is 0. The summed E-state index contributed by atoms with van der Waals surface area (Å²) in [6.07, 6.45) is 1.44. The molecule has 25 heavy (non-hydrogen) atoms. The second kappa shape index (κ2) is 9.27. The van der Waals surface area contributed by atoms with Gasteiger partial charge in [0.1, 0.15) is 17.6 Å². The van der Waals surface area contributed by atoms with Gasteiger partial charge in [-0.05, 0) is 12.1 Å². The maximum atomic E-state index is 12.4. The summed E-state index contributed by atoms with van der Waals surface area (Å²) in [5.41, 5.74) is 0.464. The maximum absolute atomic E-state index is 12.4. The number of ether oxygens (including phenoxy) is 3. The Morgan fingerprint density at radius 1 is 1.24 bits per heavy atom. The average Bonchev–Trinajstić information content (AvgIpc) is 2.62. The van der Waals surface area contributed by atoms with E-state index in [4.69, 9.17) is 14.2 Å². The Labute approximate surface area is 148 Å². The second-order valence-corrected chi connectivity index (χ2v) is 5.93.